The summed E-state index contributed by atoms with van der Waals surface area (Å²) in [6.07, 6.45) is 0.296. The average molecular weight is 253 g/mol. The molecule has 0 aromatic heterocycles. The summed E-state index contributed by atoms with van der Waals surface area (Å²) in [4.78, 5) is 2.10. The number of aryl methyl sites for hydroxylation is 1. The molecule has 4 heteroatoms. The number of piperidine rings is 1. The molecule has 0 amide bonds. The largest absolute Gasteiger partial charge is 0.396 e. The van der Waals surface area contributed by atoms with Crippen molar-refractivity contribution in [3.05, 3.63) is 35.1 Å². The van der Waals surface area contributed by atoms with Gasteiger partial charge in [0, 0.05) is 25.6 Å². The van der Waals surface area contributed by atoms with Crippen LogP contribution in [0.5, 0.6) is 0 Å². The van der Waals surface area contributed by atoms with Gasteiger partial charge in [0.05, 0.1) is 6.10 Å². The fraction of sp³-hybridized carbons (Fsp3) is 0.571. The molecule has 0 aliphatic carbocycles. The van der Waals surface area contributed by atoms with Gasteiger partial charge in [-0.25, -0.2) is 4.39 Å². The lowest BCUT2D eigenvalue weighted by Crippen LogP contribution is -2.44. The lowest BCUT2D eigenvalue weighted by molar-refractivity contribution is -0.00445. The highest BCUT2D eigenvalue weighted by molar-refractivity contribution is 5.23. The van der Waals surface area contributed by atoms with Gasteiger partial charge in [-0.05, 0) is 43.1 Å². The summed E-state index contributed by atoms with van der Waals surface area (Å²) in [5.74, 6) is -0.230. The van der Waals surface area contributed by atoms with Crippen LogP contribution in [0, 0.1) is 18.7 Å². The van der Waals surface area contributed by atoms with E-state index >= 15 is 0 Å². The van der Waals surface area contributed by atoms with Crippen LogP contribution in [0.2, 0.25) is 0 Å². The highest BCUT2D eigenvalue weighted by Gasteiger charge is 2.26. The number of aliphatic hydroxyl groups is 2. The minimum atomic E-state index is -0.488. The Morgan fingerprint density at radius 3 is 2.78 bits per heavy atom. The minimum Gasteiger partial charge on any atom is -0.396 e. The molecule has 2 rings (SSSR count). The smallest absolute Gasteiger partial charge is 0.123 e. The van der Waals surface area contributed by atoms with Gasteiger partial charge in [-0.2, -0.15) is 0 Å². The monoisotopic (exact) mass is 253 g/mol. The molecular weight excluding hydrogens is 233 g/mol. The lowest BCUT2D eigenvalue weighted by atomic mass is 9.94. The van der Waals surface area contributed by atoms with Gasteiger partial charge in [0.1, 0.15) is 5.82 Å². The van der Waals surface area contributed by atoms with Crippen LogP contribution in [0.4, 0.5) is 4.39 Å². The topological polar surface area (TPSA) is 43.7 Å². The van der Waals surface area contributed by atoms with Crippen molar-refractivity contribution in [3.63, 3.8) is 0 Å². The van der Waals surface area contributed by atoms with E-state index in [0.29, 0.717) is 13.1 Å². The van der Waals surface area contributed by atoms with Crippen molar-refractivity contribution in [2.24, 2.45) is 5.92 Å². The van der Waals surface area contributed by atoms with E-state index in [1.807, 2.05) is 13.0 Å². The number of halogens is 1. The van der Waals surface area contributed by atoms with Crippen LogP contribution < -0.4 is 0 Å². The van der Waals surface area contributed by atoms with Crippen molar-refractivity contribution in [2.45, 2.75) is 26.0 Å². The summed E-state index contributed by atoms with van der Waals surface area (Å²) in [5, 5.41) is 18.9. The van der Waals surface area contributed by atoms with Gasteiger partial charge in [-0.1, -0.05) is 6.07 Å². The second-order valence-electron chi connectivity index (χ2n) is 5.17. The molecule has 0 radical (unpaired) electrons. The van der Waals surface area contributed by atoms with Crippen molar-refractivity contribution < 1.29 is 14.6 Å². The molecule has 1 saturated heterocycles. The van der Waals surface area contributed by atoms with Crippen LogP contribution in [0.3, 0.4) is 0 Å². The van der Waals surface area contributed by atoms with E-state index < -0.39 is 6.10 Å². The van der Waals surface area contributed by atoms with E-state index in [0.717, 1.165) is 24.1 Å². The quantitative estimate of drug-likeness (QED) is 0.853. The molecule has 0 spiro atoms. The molecule has 1 aromatic rings. The Hall–Kier alpha value is -0.970. The summed E-state index contributed by atoms with van der Waals surface area (Å²) in [6, 6.07) is 5.02. The van der Waals surface area contributed by atoms with Crippen molar-refractivity contribution in [1.29, 1.82) is 0 Å². The Morgan fingerprint density at radius 1 is 1.39 bits per heavy atom. The molecule has 1 aromatic carbocycles. The summed E-state index contributed by atoms with van der Waals surface area (Å²) >= 11 is 0. The third kappa shape index (κ3) is 3.28. The Labute approximate surface area is 107 Å². The van der Waals surface area contributed by atoms with Crippen LogP contribution in [-0.2, 0) is 6.54 Å². The highest BCUT2D eigenvalue weighted by Crippen LogP contribution is 2.19. The fourth-order valence-electron chi connectivity index (χ4n) is 2.56. The Kier molecular flexibility index (Phi) is 4.32. The number of rotatable bonds is 3. The average Bonchev–Trinajstić information content (AvgIpc) is 2.27. The molecule has 0 unspecified atom stereocenters. The molecule has 1 aliphatic rings. The number of benzene rings is 1. The van der Waals surface area contributed by atoms with Crippen molar-refractivity contribution in [3.8, 4) is 0 Å². The standard InChI is InChI=1S/C14H20FNO2/c1-10-4-11(6-13(15)5-10)7-16-3-2-12(9-17)14(18)8-16/h4-6,12,14,17-18H,2-3,7-9H2,1H3/t12-,14+/m1/s1. The number of hydrogen-bond donors (Lipinski definition) is 2. The predicted molar refractivity (Wildman–Crippen MR) is 67.6 cm³/mol. The number of likely N-dealkylation sites (tertiary alicyclic amines) is 1. The first kappa shape index (κ1) is 13.5. The first-order chi connectivity index (χ1) is 8.58. The van der Waals surface area contributed by atoms with Crippen molar-refractivity contribution >= 4 is 0 Å². The molecule has 1 aliphatic heterocycles. The summed E-state index contributed by atoms with van der Waals surface area (Å²) in [6.45, 7) is 3.93. The second-order valence-corrected chi connectivity index (χ2v) is 5.17. The number of nitrogens with zero attached hydrogens (tertiary/aromatic N) is 1. The van der Waals surface area contributed by atoms with E-state index in [1.54, 1.807) is 0 Å². The van der Waals surface area contributed by atoms with Gasteiger partial charge in [-0.3, -0.25) is 4.90 Å². The van der Waals surface area contributed by atoms with E-state index in [2.05, 4.69) is 4.90 Å². The molecule has 3 nitrogen and oxygen atoms in total. The molecule has 1 fully saturated rings. The number of hydrogen-bond acceptors (Lipinski definition) is 3. The number of β-amino-alcohol motifs (C(OH)–C–C–N with tert-alkyl or cyclic N) is 1. The molecule has 1 heterocycles. The van der Waals surface area contributed by atoms with Crippen LogP contribution in [0.15, 0.2) is 18.2 Å². The van der Waals surface area contributed by atoms with E-state index in [1.165, 1.54) is 12.1 Å². The molecule has 0 saturated carbocycles. The van der Waals surface area contributed by atoms with Crippen LogP contribution >= 0.6 is 0 Å². The van der Waals surface area contributed by atoms with E-state index in [-0.39, 0.29) is 18.3 Å². The molecule has 18 heavy (non-hydrogen) atoms. The van der Waals surface area contributed by atoms with Crippen LogP contribution in [-0.4, -0.2) is 40.9 Å². The summed E-state index contributed by atoms with van der Waals surface area (Å²) < 4.78 is 13.3. The van der Waals surface area contributed by atoms with Gasteiger partial charge in [0.2, 0.25) is 0 Å². The SMILES string of the molecule is Cc1cc(F)cc(CN2CC[C@H](CO)[C@@H](O)C2)c1. The fourth-order valence-corrected chi connectivity index (χ4v) is 2.56. The van der Waals surface area contributed by atoms with Gasteiger partial charge < -0.3 is 10.2 Å². The molecular formula is C14H20FNO2. The first-order valence-corrected chi connectivity index (χ1v) is 6.36. The molecule has 100 valence electrons. The van der Waals surface area contributed by atoms with Gasteiger partial charge in [-0.15, -0.1) is 0 Å². The summed E-state index contributed by atoms with van der Waals surface area (Å²) in [7, 11) is 0. The number of aliphatic hydroxyl groups excluding tert-OH is 2. The summed E-state index contributed by atoms with van der Waals surface area (Å²) in [5.41, 5.74) is 1.85. The molecule has 2 atom stereocenters. The highest BCUT2D eigenvalue weighted by atomic mass is 19.1. The lowest BCUT2D eigenvalue weighted by Gasteiger charge is -2.35. The maximum atomic E-state index is 13.3. The van der Waals surface area contributed by atoms with Crippen LogP contribution in [0.1, 0.15) is 17.5 Å². The van der Waals surface area contributed by atoms with Crippen LogP contribution in [0.25, 0.3) is 0 Å². The zero-order valence-corrected chi connectivity index (χ0v) is 10.6. The van der Waals surface area contributed by atoms with Gasteiger partial charge in [0.25, 0.3) is 0 Å². The Bertz CT molecular complexity index is 391. The Morgan fingerprint density at radius 2 is 2.17 bits per heavy atom. The zero-order chi connectivity index (χ0) is 13.1. The Balaban J connectivity index is 1.98. The zero-order valence-electron chi connectivity index (χ0n) is 10.6. The van der Waals surface area contributed by atoms with E-state index in [4.69, 9.17) is 5.11 Å². The van der Waals surface area contributed by atoms with Crippen molar-refractivity contribution in [1.82, 2.24) is 4.90 Å². The van der Waals surface area contributed by atoms with Crippen molar-refractivity contribution in [2.75, 3.05) is 19.7 Å². The normalized spacial score (nSPS) is 25.3. The first-order valence-electron chi connectivity index (χ1n) is 6.36. The maximum Gasteiger partial charge on any atom is 0.123 e. The third-order valence-electron chi connectivity index (χ3n) is 3.55. The second kappa shape index (κ2) is 5.78. The third-order valence-corrected chi connectivity index (χ3v) is 3.55. The predicted octanol–water partition coefficient (Wildman–Crippen LogP) is 1.31. The maximum absolute atomic E-state index is 13.3. The molecule has 2 N–H and O–H groups in total. The minimum absolute atomic E-state index is 0.0181. The van der Waals surface area contributed by atoms with Gasteiger partial charge in [0.15, 0.2) is 0 Å². The van der Waals surface area contributed by atoms with E-state index in [9.17, 15) is 9.50 Å². The van der Waals surface area contributed by atoms with Gasteiger partial charge >= 0.3 is 0 Å². The molecule has 0 bridgehead atoms.